The maximum Gasteiger partial charge on any atom is 0.161 e. The number of aromatic nitrogens is 3. The van der Waals surface area contributed by atoms with Crippen LogP contribution in [0, 0.1) is 6.92 Å². The molecule has 0 spiro atoms. The van der Waals surface area contributed by atoms with E-state index in [0.29, 0.717) is 6.04 Å². The van der Waals surface area contributed by atoms with E-state index in [-0.39, 0.29) is 5.78 Å². The van der Waals surface area contributed by atoms with Crippen molar-refractivity contribution in [2.75, 3.05) is 6.54 Å². The van der Waals surface area contributed by atoms with E-state index in [1.54, 1.807) is 6.92 Å². The van der Waals surface area contributed by atoms with Crippen molar-refractivity contribution in [3.8, 4) is 0 Å². The summed E-state index contributed by atoms with van der Waals surface area (Å²) in [6.45, 7) is 6.80. The fourth-order valence-corrected chi connectivity index (χ4v) is 3.69. The number of hydrogen-bond acceptors (Lipinski definition) is 3. The molecule has 24 heavy (non-hydrogen) atoms. The third-order valence-electron chi connectivity index (χ3n) is 5.26. The van der Waals surface area contributed by atoms with Crippen molar-refractivity contribution in [1.29, 1.82) is 0 Å². The quantitative estimate of drug-likeness (QED) is 0.765. The van der Waals surface area contributed by atoms with E-state index < -0.39 is 0 Å². The van der Waals surface area contributed by atoms with Gasteiger partial charge in [-0.15, -0.1) is 0 Å². The number of likely N-dealkylation sites (tertiary alicyclic amines) is 1. The molecule has 1 saturated heterocycles. The summed E-state index contributed by atoms with van der Waals surface area (Å²) in [5, 5.41) is 0. The van der Waals surface area contributed by atoms with E-state index in [0.717, 1.165) is 37.4 Å². The molecule has 2 aromatic heterocycles. The smallest absolute Gasteiger partial charge is 0.161 e. The minimum Gasteiger partial charge on any atom is -0.353 e. The first-order chi connectivity index (χ1) is 11.5. The zero-order chi connectivity index (χ0) is 17.1. The molecule has 130 valence electrons. The van der Waals surface area contributed by atoms with E-state index >= 15 is 0 Å². The van der Waals surface area contributed by atoms with Crippen LogP contribution in [0.1, 0.15) is 54.5 Å². The summed E-state index contributed by atoms with van der Waals surface area (Å²) in [6.07, 6.45) is 10.9. The van der Waals surface area contributed by atoms with Gasteiger partial charge in [0.2, 0.25) is 0 Å². The zero-order valence-electron chi connectivity index (χ0n) is 15.0. The Kier molecular flexibility index (Phi) is 5.19. The van der Waals surface area contributed by atoms with Crippen molar-refractivity contribution in [2.24, 2.45) is 7.05 Å². The Morgan fingerprint density at radius 1 is 1.38 bits per heavy atom. The summed E-state index contributed by atoms with van der Waals surface area (Å²) in [4.78, 5) is 18.5. The van der Waals surface area contributed by atoms with Crippen LogP contribution in [0.25, 0.3) is 0 Å². The maximum absolute atomic E-state index is 11.6. The minimum atomic E-state index is 0.141. The molecule has 1 aliphatic heterocycles. The first-order valence-electron chi connectivity index (χ1n) is 8.92. The second-order valence-electron chi connectivity index (χ2n) is 6.96. The highest BCUT2D eigenvalue weighted by atomic mass is 16.1. The molecule has 0 bridgehead atoms. The highest BCUT2D eigenvalue weighted by Crippen LogP contribution is 2.23. The second-order valence-corrected chi connectivity index (χ2v) is 6.96. The van der Waals surface area contributed by atoms with Crippen LogP contribution in [0.5, 0.6) is 0 Å². The molecular formula is C19H28N4O. The van der Waals surface area contributed by atoms with Crippen molar-refractivity contribution >= 4 is 5.78 Å². The molecule has 1 atom stereocenters. The first kappa shape index (κ1) is 17.0. The van der Waals surface area contributed by atoms with Crippen LogP contribution in [-0.4, -0.2) is 37.4 Å². The Morgan fingerprint density at radius 2 is 2.21 bits per heavy atom. The molecule has 0 aromatic carbocycles. The number of carbonyl (C=O) groups is 1. The Bertz CT molecular complexity index is 700. The molecule has 1 aliphatic rings. The number of imidazole rings is 1. The third kappa shape index (κ3) is 3.78. The molecule has 1 fully saturated rings. The Labute approximate surface area is 144 Å². The first-order valence-corrected chi connectivity index (χ1v) is 8.92. The molecule has 5 heteroatoms. The van der Waals surface area contributed by atoms with E-state index in [4.69, 9.17) is 0 Å². The summed E-state index contributed by atoms with van der Waals surface area (Å²) >= 11 is 0. The highest BCUT2D eigenvalue weighted by Gasteiger charge is 2.23. The van der Waals surface area contributed by atoms with Gasteiger partial charge < -0.3 is 9.13 Å². The molecule has 5 nitrogen and oxygen atoms in total. The minimum absolute atomic E-state index is 0.141. The number of rotatable bonds is 6. The van der Waals surface area contributed by atoms with Gasteiger partial charge in [-0.1, -0.05) is 6.42 Å². The largest absolute Gasteiger partial charge is 0.353 e. The van der Waals surface area contributed by atoms with Crippen molar-refractivity contribution in [2.45, 2.75) is 58.7 Å². The van der Waals surface area contributed by atoms with Gasteiger partial charge >= 0.3 is 0 Å². The Morgan fingerprint density at radius 3 is 2.88 bits per heavy atom. The normalized spacial score (nSPS) is 18.9. The number of carbonyl (C=O) groups excluding carboxylic acids is 1. The van der Waals surface area contributed by atoms with E-state index in [9.17, 15) is 4.79 Å². The van der Waals surface area contributed by atoms with Gasteiger partial charge in [-0.3, -0.25) is 9.69 Å². The van der Waals surface area contributed by atoms with Crippen molar-refractivity contribution < 1.29 is 4.79 Å². The van der Waals surface area contributed by atoms with Gasteiger partial charge in [0.25, 0.3) is 0 Å². The number of Topliss-reactive ketones (excluding diaryl/α,β-unsaturated/α-hetero) is 1. The molecule has 3 rings (SSSR count). The average molecular weight is 328 g/mol. The standard InChI is InChI=1S/C19H28N4O/c1-15(24)17-12-19(21(3)13-17)14-23-9-5-4-6-18(23)7-10-22-11-8-20-16(22)2/h8,11-13,18H,4-7,9-10,14H2,1-3H3/t18-/m1/s1. The SMILES string of the molecule is CC(=O)c1cc(CN2CCCC[C@@H]2CCn2ccnc2C)n(C)c1. The summed E-state index contributed by atoms with van der Waals surface area (Å²) in [7, 11) is 2.04. The van der Waals surface area contributed by atoms with Gasteiger partial charge in [-0.05, 0) is 45.7 Å². The number of piperidine rings is 1. The molecule has 0 unspecified atom stereocenters. The van der Waals surface area contributed by atoms with Crippen LogP contribution in [0.4, 0.5) is 0 Å². The lowest BCUT2D eigenvalue weighted by molar-refractivity contribution is 0.101. The van der Waals surface area contributed by atoms with Crippen molar-refractivity contribution in [1.82, 2.24) is 19.0 Å². The van der Waals surface area contributed by atoms with E-state index in [1.807, 2.05) is 25.5 Å². The van der Waals surface area contributed by atoms with Crippen LogP contribution >= 0.6 is 0 Å². The topological polar surface area (TPSA) is 43.1 Å². The van der Waals surface area contributed by atoms with Gasteiger partial charge in [0.05, 0.1) is 0 Å². The maximum atomic E-state index is 11.6. The molecule has 0 radical (unpaired) electrons. The van der Waals surface area contributed by atoms with Gasteiger partial charge in [0.1, 0.15) is 5.82 Å². The molecular weight excluding hydrogens is 300 g/mol. The lowest BCUT2D eigenvalue weighted by atomic mass is 9.99. The average Bonchev–Trinajstić information content (AvgIpc) is 3.13. The number of ketones is 1. The monoisotopic (exact) mass is 328 g/mol. The van der Waals surface area contributed by atoms with Gasteiger partial charge in [0.15, 0.2) is 5.78 Å². The predicted octanol–water partition coefficient (Wildman–Crippen LogP) is 3.18. The summed E-state index contributed by atoms with van der Waals surface area (Å²) < 4.78 is 4.34. The highest BCUT2D eigenvalue weighted by molar-refractivity contribution is 5.94. The van der Waals surface area contributed by atoms with Crippen molar-refractivity contribution in [3.05, 3.63) is 41.7 Å². The lowest BCUT2D eigenvalue weighted by Gasteiger charge is -2.36. The fourth-order valence-electron chi connectivity index (χ4n) is 3.69. The van der Waals surface area contributed by atoms with E-state index in [1.165, 1.54) is 25.0 Å². The fraction of sp³-hybridized carbons (Fsp3) is 0.579. The van der Waals surface area contributed by atoms with E-state index in [2.05, 4.69) is 32.1 Å². The molecule has 2 aromatic rings. The number of aryl methyl sites for hydroxylation is 3. The van der Waals surface area contributed by atoms with Crippen LogP contribution in [0.3, 0.4) is 0 Å². The molecule has 0 aliphatic carbocycles. The second kappa shape index (κ2) is 7.34. The van der Waals surface area contributed by atoms with Crippen LogP contribution in [0.2, 0.25) is 0 Å². The molecule has 3 heterocycles. The van der Waals surface area contributed by atoms with Gasteiger partial charge in [-0.2, -0.15) is 0 Å². The zero-order valence-corrected chi connectivity index (χ0v) is 15.0. The molecule has 0 N–H and O–H groups in total. The van der Waals surface area contributed by atoms with Crippen LogP contribution < -0.4 is 0 Å². The number of nitrogens with zero attached hydrogens (tertiary/aromatic N) is 4. The van der Waals surface area contributed by atoms with Gasteiger partial charge in [0, 0.05) is 56.0 Å². The Hall–Kier alpha value is -1.88. The molecule has 0 saturated carbocycles. The van der Waals surface area contributed by atoms with Gasteiger partial charge in [-0.25, -0.2) is 4.98 Å². The molecule has 0 amide bonds. The number of hydrogen-bond donors (Lipinski definition) is 0. The summed E-state index contributed by atoms with van der Waals surface area (Å²) in [6, 6.07) is 2.66. The third-order valence-corrected chi connectivity index (χ3v) is 5.26. The van der Waals surface area contributed by atoms with Crippen LogP contribution in [-0.2, 0) is 20.1 Å². The lowest BCUT2D eigenvalue weighted by Crippen LogP contribution is -2.39. The summed E-state index contributed by atoms with van der Waals surface area (Å²) in [5.74, 6) is 1.23. The predicted molar refractivity (Wildman–Crippen MR) is 95.0 cm³/mol. The van der Waals surface area contributed by atoms with Crippen molar-refractivity contribution in [3.63, 3.8) is 0 Å². The Balaban J connectivity index is 1.66. The summed E-state index contributed by atoms with van der Waals surface area (Å²) in [5.41, 5.74) is 2.04. The van der Waals surface area contributed by atoms with Crippen LogP contribution in [0.15, 0.2) is 24.7 Å².